The molecule has 3 rings (SSSR count). The van der Waals surface area contributed by atoms with Crippen LogP contribution in [0.2, 0.25) is 0 Å². The minimum atomic E-state index is -0.291. The third-order valence-corrected chi connectivity index (χ3v) is 4.84. The predicted molar refractivity (Wildman–Crippen MR) is 118 cm³/mol. The van der Waals surface area contributed by atoms with Gasteiger partial charge in [0.05, 0.1) is 6.21 Å². The summed E-state index contributed by atoms with van der Waals surface area (Å²) < 4.78 is 5.70. The molecule has 0 aliphatic rings. The molecule has 0 saturated carbocycles. The van der Waals surface area contributed by atoms with Gasteiger partial charge in [-0.05, 0) is 40.7 Å². The van der Waals surface area contributed by atoms with Gasteiger partial charge in [0, 0.05) is 0 Å². The number of carbonyl (C=O) groups is 1. The Bertz CT molecular complexity index is 950. The van der Waals surface area contributed by atoms with Crippen LogP contribution in [0.4, 0.5) is 0 Å². The Labute approximate surface area is 172 Å². The van der Waals surface area contributed by atoms with Gasteiger partial charge in [0.1, 0.15) is 5.75 Å². The van der Waals surface area contributed by atoms with Crippen LogP contribution < -0.4 is 10.2 Å². The number of hydrogen-bond acceptors (Lipinski definition) is 3. The largest absolute Gasteiger partial charge is 0.483 e. The Kier molecular flexibility index (Phi) is 7.17. The molecule has 0 fully saturated rings. The van der Waals surface area contributed by atoms with E-state index in [9.17, 15) is 4.79 Å². The lowest BCUT2D eigenvalue weighted by Crippen LogP contribution is -2.24. The van der Waals surface area contributed by atoms with Crippen LogP contribution in [0.25, 0.3) is 11.1 Å². The number of rotatable bonds is 8. The van der Waals surface area contributed by atoms with Crippen molar-refractivity contribution >= 4 is 12.1 Å². The van der Waals surface area contributed by atoms with Gasteiger partial charge in [0.2, 0.25) is 0 Å². The van der Waals surface area contributed by atoms with Crippen molar-refractivity contribution in [3.63, 3.8) is 0 Å². The number of nitrogens with one attached hydrogen (secondary N) is 1. The number of para-hydroxylation sites is 1. The monoisotopic (exact) mass is 386 g/mol. The van der Waals surface area contributed by atoms with E-state index < -0.39 is 0 Å². The SMILES string of the molecule is CCC(C)c1ccccc1OCC(=O)N/N=C/c1ccc(-c2ccccc2)cc1. The molecule has 0 aliphatic carbocycles. The van der Waals surface area contributed by atoms with Crippen LogP contribution in [0.15, 0.2) is 84.0 Å². The topological polar surface area (TPSA) is 50.7 Å². The van der Waals surface area contributed by atoms with Gasteiger partial charge < -0.3 is 4.74 Å². The maximum Gasteiger partial charge on any atom is 0.277 e. The summed E-state index contributed by atoms with van der Waals surface area (Å²) in [7, 11) is 0. The second-order valence-corrected chi connectivity index (χ2v) is 6.92. The van der Waals surface area contributed by atoms with Crippen molar-refractivity contribution in [2.75, 3.05) is 6.61 Å². The number of hydrogen-bond donors (Lipinski definition) is 1. The Hall–Kier alpha value is -3.40. The van der Waals surface area contributed by atoms with Crippen molar-refractivity contribution in [1.82, 2.24) is 5.43 Å². The van der Waals surface area contributed by atoms with Gasteiger partial charge in [-0.2, -0.15) is 5.10 Å². The van der Waals surface area contributed by atoms with Gasteiger partial charge in [-0.15, -0.1) is 0 Å². The van der Waals surface area contributed by atoms with Crippen LogP contribution in [0, 0.1) is 0 Å². The minimum absolute atomic E-state index is 0.0717. The maximum atomic E-state index is 12.0. The summed E-state index contributed by atoms with van der Waals surface area (Å²) in [6, 6.07) is 26.0. The van der Waals surface area contributed by atoms with Crippen LogP contribution >= 0.6 is 0 Å². The molecule has 3 aromatic carbocycles. The summed E-state index contributed by atoms with van der Waals surface area (Å²) in [5.74, 6) is 0.838. The summed E-state index contributed by atoms with van der Waals surface area (Å²) in [6.07, 6.45) is 2.64. The molecule has 148 valence electrons. The lowest BCUT2D eigenvalue weighted by atomic mass is 9.98. The molecule has 4 nitrogen and oxygen atoms in total. The Balaban J connectivity index is 1.51. The van der Waals surface area contributed by atoms with Crippen molar-refractivity contribution in [2.24, 2.45) is 5.10 Å². The van der Waals surface area contributed by atoms with Gasteiger partial charge >= 0.3 is 0 Å². The molecular formula is C25H26N2O2. The highest BCUT2D eigenvalue weighted by atomic mass is 16.5. The van der Waals surface area contributed by atoms with Crippen LogP contribution in [0.1, 0.15) is 37.3 Å². The van der Waals surface area contributed by atoms with Gasteiger partial charge in [0.15, 0.2) is 6.61 Å². The molecule has 0 heterocycles. The van der Waals surface area contributed by atoms with Crippen LogP contribution in [0.3, 0.4) is 0 Å². The Morgan fingerprint density at radius 1 is 0.966 bits per heavy atom. The molecule has 0 saturated heterocycles. The fourth-order valence-electron chi connectivity index (χ4n) is 2.99. The lowest BCUT2D eigenvalue weighted by Gasteiger charge is -2.15. The molecule has 1 unspecified atom stereocenters. The first kappa shape index (κ1) is 20.3. The molecule has 3 aromatic rings. The molecule has 29 heavy (non-hydrogen) atoms. The number of amides is 1. The van der Waals surface area contributed by atoms with Gasteiger partial charge in [-0.1, -0.05) is 86.6 Å². The first-order valence-corrected chi connectivity index (χ1v) is 9.86. The number of benzene rings is 3. The zero-order valence-corrected chi connectivity index (χ0v) is 16.8. The standard InChI is InChI=1S/C25H26N2O2/c1-3-19(2)23-11-7-8-12-24(23)29-18-25(28)27-26-17-20-13-15-22(16-14-20)21-9-5-4-6-10-21/h4-17,19H,3,18H2,1-2H3,(H,27,28)/b26-17+. The molecule has 1 amide bonds. The highest BCUT2D eigenvalue weighted by molar-refractivity contribution is 5.83. The van der Waals surface area contributed by atoms with Crippen molar-refractivity contribution in [1.29, 1.82) is 0 Å². The summed E-state index contributed by atoms with van der Waals surface area (Å²) >= 11 is 0. The van der Waals surface area contributed by atoms with Gasteiger partial charge in [-0.25, -0.2) is 5.43 Å². The Morgan fingerprint density at radius 2 is 1.62 bits per heavy atom. The zero-order chi connectivity index (χ0) is 20.5. The summed E-state index contributed by atoms with van der Waals surface area (Å²) in [4.78, 5) is 12.0. The molecule has 0 bridgehead atoms. The normalized spacial score (nSPS) is 11.9. The highest BCUT2D eigenvalue weighted by Gasteiger charge is 2.10. The quantitative estimate of drug-likeness (QED) is 0.416. The molecule has 1 atom stereocenters. The van der Waals surface area contributed by atoms with E-state index in [4.69, 9.17) is 4.74 Å². The first-order valence-electron chi connectivity index (χ1n) is 9.86. The van der Waals surface area contributed by atoms with E-state index in [0.717, 1.165) is 28.9 Å². The number of nitrogens with zero attached hydrogens (tertiary/aromatic N) is 1. The molecule has 4 heteroatoms. The fraction of sp³-hybridized carbons (Fsp3) is 0.200. The zero-order valence-electron chi connectivity index (χ0n) is 16.8. The van der Waals surface area contributed by atoms with Gasteiger partial charge in [-0.3, -0.25) is 4.79 Å². The second kappa shape index (κ2) is 10.2. The van der Waals surface area contributed by atoms with Crippen molar-refractivity contribution in [3.05, 3.63) is 90.0 Å². The van der Waals surface area contributed by atoms with E-state index in [1.165, 1.54) is 5.56 Å². The summed E-state index contributed by atoms with van der Waals surface area (Å²) in [5, 5.41) is 4.03. The Morgan fingerprint density at radius 3 is 2.34 bits per heavy atom. The number of carbonyl (C=O) groups excluding carboxylic acids is 1. The van der Waals surface area contributed by atoms with Crippen LogP contribution in [-0.4, -0.2) is 18.7 Å². The highest BCUT2D eigenvalue weighted by Crippen LogP contribution is 2.28. The van der Waals surface area contributed by atoms with E-state index >= 15 is 0 Å². The fourth-order valence-corrected chi connectivity index (χ4v) is 2.99. The molecule has 0 spiro atoms. The summed E-state index contributed by atoms with van der Waals surface area (Å²) in [6.45, 7) is 4.21. The van der Waals surface area contributed by atoms with Crippen molar-refractivity contribution < 1.29 is 9.53 Å². The summed E-state index contributed by atoms with van der Waals surface area (Å²) in [5.41, 5.74) is 6.85. The predicted octanol–water partition coefficient (Wildman–Crippen LogP) is 5.40. The molecule has 1 N–H and O–H groups in total. The smallest absolute Gasteiger partial charge is 0.277 e. The first-order chi connectivity index (χ1) is 14.2. The van der Waals surface area contributed by atoms with Crippen LogP contribution in [0.5, 0.6) is 5.75 Å². The van der Waals surface area contributed by atoms with Crippen LogP contribution in [-0.2, 0) is 4.79 Å². The van der Waals surface area contributed by atoms with E-state index in [0.29, 0.717) is 5.92 Å². The third kappa shape index (κ3) is 5.79. The van der Waals surface area contributed by atoms with E-state index in [2.05, 4.69) is 36.5 Å². The minimum Gasteiger partial charge on any atom is -0.483 e. The molecular weight excluding hydrogens is 360 g/mol. The third-order valence-electron chi connectivity index (χ3n) is 4.84. The van der Waals surface area contributed by atoms with E-state index in [1.54, 1.807) is 6.21 Å². The number of hydrazone groups is 1. The van der Waals surface area contributed by atoms with Crippen molar-refractivity contribution in [2.45, 2.75) is 26.2 Å². The molecule has 0 aromatic heterocycles. The lowest BCUT2D eigenvalue weighted by molar-refractivity contribution is -0.123. The van der Waals surface area contributed by atoms with Crippen molar-refractivity contribution in [3.8, 4) is 16.9 Å². The molecule has 0 aliphatic heterocycles. The number of ether oxygens (including phenoxy) is 1. The molecule has 0 radical (unpaired) electrons. The van der Waals surface area contributed by atoms with E-state index in [1.807, 2.05) is 66.7 Å². The van der Waals surface area contributed by atoms with E-state index in [-0.39, 0.29) is 12.5 Å². The van der Waals surface area contributed by atoms with Gasteiger partial charge in [0.25, 0.3) is 5.91 Å². The average molecular weight is 386 g/mol. The average Bonchev–Trinajstić information content (AvgIpc) is 2.78. The second-order valence-electron chi connectivity index (χ2n) is 6.92. The maximum absolute atomic E-state index is 12.0.